The molecule has 0 aliphatic carbocycles. The topological polar surface area (TPSA) is 71.1 Å². The van der Waals surface area contributed by atoms with Crippen molar-refractivity contribution in [2.45, 2.75) is 205 Å². The molecule has 2 aromatic carbocycles. The molecule has 0 aliphatic rings. The summed E-state index contributed by atoms with van der Waals surface area (Å²) in [6.45, 7) is 1.96. The number of carbonyl (C=O) groups is 2. The number of benzene rings is 2. The van der Waals surface area contributed by atoms with Crippen molar-refractivity contribution in [3.63, 3.8) is 0 Å². The van der Waals surface area contributed by atoms with Crippen LogP contribution >= 0.6 is 136 Å². The van der Waals surface area contributed by atoms with Crippen LogP contribution in [0.4, 0.5) is 0 Å². The Balaban J connectivity index is 1.21. The molecule has 6 nitrogen and oxygen atoms in total. The summed E-state index contributed by atoms with van der Waals surface area (Å²) >= 11 is 14.2. The van der Waals surface area contributed by atoms with E-state index < -0.39 is 0 Å². The number of hydrogen-bond donors (Lipinski definition) is 0. The van der Waals surface area contributed by atoms with Gasteiger partial charge in [0.1, 0.15) is 24.7 Å². The number of carbonyl (C=O) groups excluding carboxylic acids is 2. The highest BCUT2D eigenvalue weighted by atomic mass is 127. The zero-order valence-corrected chi connectivity index (χ0v) is 50.4. The summed E-state index contributed by atoms with van der Waals surface area (Å²) in [5.41, 5.74) is 0. The molecule has 0 fully saturated rings. The van der Waals surface area contributed by atoms with Crippen LogP contribution in [0.5, 0.6) is 11.5 Å². The zero-order chi connectivity index (χ0) is 44.9. The summed E-state index contributed by atoms with van der Waals surface area (Å²) in [7, 11) is 0. The monoisotopic (exact) mass is 1530 g/mol. The molecular weight excluding hydrogens is 1460 g/mol. The van der Waals surface area contributed by atoms with E-state index in [1.165, 1.54) is 176 Å². The lowest BCUT2D eigenvalue weighted by atomic mass is 10.0. The van der Waals surface area contributed by atoms with Gasteiger partial charge in [0.15, 0.2) is 0 Å². The summed E-state index contributed by atoms with van der Waals surface area (Å²) in [6, 6.07) is 8.70. The molecule has 0 aliphatic heterocycles. The molecule has 0 atom stereocenters. The van der Waals surface area contributed by atoms with Crippen molar-refractivity contribution in [3.8, 4) is 11.5 Å². The lowest BCUT2D eigenvalue weighted by Crippen LogP contribution is -2.13. The first-order valence-electron chi connectivity index (χ1n) is 24.0. The van der Waals surface area contributed by atoms with Crippen LogP contribution in [0.15, 0.2) is 24.3 Å². The molecular formula is C50H76I6O6. The maximum atomic E-state index is 12.1. The fourth-order valence-corrected chi connectivity index (χ4v) is 15.3. The second-order valence-corrected chi connectivity index (χ2v) is 23.8. The summed E-state index contributed by atoms with van der Waals surface area (Å²) in [5.74, 6) is 1.74. The normalized spacial score (nSPS) is 11.3. The van der Waals surface area contributed by atoms with Gasteiger partial charge in [-0.2, -0.15) is 0 Å². The molecule has 0 saturated heterocycles. The number of halogens is 6. The van der Waals surface area contributed by atoms with Crippen LogP contribution in [0.2, 0.25) is 0 Å². The standard InChI is InChI=1S/C50H76I6O6/c51-41-37-43(53)49(44(54)38-41)61-33-29-25-21-17-13-9-5-1-3-7-11-15-19-23-27-31-47(57)59-35-36-60-48(58)32-28-24-20-16-12-8-4-2-6-10-14-18-22-26-30-34-62-50-45(55)39-42(52)40-46(50)56/h37-40H,1-36H2. The van der Waals surface area contributed by atoms with Crippen molar-refractivity contribution in [1.29, 1.82) is 0 Å². The quantitative estimate of drug-likeness (QED) is 0.0375. The number of ether oxygens (including phenoxy) is 4. The maximum absolute atomic E-state index is 12.1. The van der Waals surface area contributed by atoms with Crippen LogP contribution < -0.4 is 9.47 Å². The average molecular weight is 1530 g/mol. The van der Waals surface area contributed by atoms with E-state index >= 15 is 0 Å². The molecule has 2 rings (SSSR count). The molecule has 0 spiro atoms. The summed E-state index contributed by atoms with van der Waals surface area (Å²) in [4.78, 5) is 24.1. The third kappa shape index (κ3) is 33.0. The van der Waals surface area contributed by atoms with Crippen LogP contribution in [0, 0.1) is 21.4 Å². The number of rotatable bonds is 41. The van der Waals surface area contributed by atoms with Gasteiger partial charge in [-0.3, -0.25) is 9.59 Å². The van der Waals surface area contributed by atoms with Crippen molar-refractivity contribution in [3.05, 3.63) is 45.7 Å². The first-order valence-corrected chi connectivity index (χ1v) is 30.5. The van der Waals surface area contributed by atoms with Crippen molar-refractivity contribution < 1.29 is 28.5 Å². The third-order valence-corrected chi connectivity index (χ3v) is 15.5. The van der Waals surface area contributed by atoms with Crippen LogP contribution in [-0.2, 0) is 19.1 Å². The Labute approximate surface area is 459 Å². The Hall–Kier alpha value is 1.36. The lowest BCUT2D eigenvalue weighted by molar-refractivity contribution is -0.152. The zero-order valence-electron chi connectivity index (χ0n) is 37.5. The van der Waals surface area contributed by atoms with Gasteiger partial charge in [0.2, 0.25) is 0 Å². The predicted octanol–water partition coefficient (Wildman–Crippen LogP) is 18.3. The van der Waals surface area contributed by atoms with E-state index in [2.05, 4.69) is 160 Å². The summed E-state index contributed by atoms with van der Waals surface area (Å²) in [5, 5.41) is 0. The predicted molar refractivity (Wildman–Crippen MR) is 310 cm³/mol. The molecule has 0 N–H and O–H groups in total. The van der Waals surface area contributed by atoms with Crippen molar-refractivity contribution in [2.75, 3.05) is 26.4 Å². The Bertz CT molecular complexity index is 1310. The first kappa shape index (κ1) is 59.5. The van der Waals surface area contributed by atoms with Gasteiger partial charge in [-0.05, 0) is 185 Å². The van der Waals surface area contributed by atoms with Gasteiger partial charge in [0.25, 0.3) is 0 Å². The van der Waals surface area contributed by atoms with Gasteiger partial charge in [-0.15, -0.1) is 0 Å². The molecule has 62 heavy (non-hydrogen) atoms. The lowest BCUT2D eigenvalue weighted by Gasteiger charge is -2.11. The fourth-order valence-electron chi connectivity index (χ4n) is 7.48. The molecule has 0 unspecified atom stereocenters. The van der Waals surface area contributed by atoms with Gasteiger partial charge in [0, 0.05) is 20.0 Å². The first-order chi connectivity index (χ1) is 30.2. The van der Waals surface area contributed by atoms with E-state index in [1.807, 2.05) is 0 Å². The Morgan fingerprint density at radius 3 is 0.758 bits per heavy atom. The van der Waals surface area contributed by atoms with Crippen LogP contribution in [0.3, 0.4) is 0 Å². The maximum Gasteiger partial charge on any atom is 0.305 e. The fraction of sp³-hybridized carbons (Fsp3) is 0.720. The highest BCUT2D eigenvalue weighted by molar-refractivity contribution is 14.1. The molecule has 0 amide bonds. The number of unbranched alkanes of at least 4 members (excludes halogenated alkanes) is 28. The SMILES string of the molecule is O=C(CCCCCCCCCCCCCCCCCOc1c(I)cc(I)cc1I)OCCOC(=O)CCCCCCCCCCCCCCCCCOc1c(I)cc(I)cc1I. The largest absolute Gasteiger partial charge is 0.491 e. The second kappa shape index (κ2) is 41.3. The minimum Gasteiger partial charge on any atom is -0.491 e. The molecule has 12 heteroatoms. The van der Waals surface area contributed by atoms with Gasteiger partial charge < -0.3 is 18.9 Å². The molecule has 0 heterocycles. The average Bonchev–Trinajstić information content (AvgIpc) is 3.22. The van der Waals surface area contributed by atoms with Gasteiger partial charge in [-0.1, -0.05) is 167 Å². The Morgan fingerprint density at radius 2 is 0.516 bits per heavy atom. The van der Waals surface area contributed by atoms with Crippen molar-refractivity contribution >= 4 is 147 Å². The Kier molecular flexibility index (Phi) is 39.7. The van der Waals surface area contributed by atoms with E-state index in [9.17, 15) is 9.59 Å². The minimum atomic E-state index is -0.176. The molecule has 0 bridgehead atoms. The van der Waals surface area contributed by atoms with Crippen LogP contribution in [0.25, 0.3) is 0 Å². The smallest absolute Gasteiger partial charge is 0.305 e. The highest BCUT2D eigenvalue weighted by Gasteiger charge is 2.10. The molecule has 2 aromatic rings. The van der Waals surface area contributed by atoms with Crippen molar-refractivity contribution in [2.24, 2.45) is 0 Å². The van der Waals surface area contributed by atoms with E-state index in [0.29, 0.717) is 12.8 Å². The minimum absolute atomic E-state index is 0.165. The van der Waals surface area contributed by atoms with Gasteiger partial charge in [-0.25, -0.2) is 0 Å². The van der Waals surface area contributed by atoms with Crippen LogP contribution in [-0.4, -0.2) is 38.4 Å². The van der Waals surface area contributed by atoms with E-state index in [1.54, 1.807) is 0 Å². The molecule has 0 radical (unpaired) electrons. The molecule has 354 valence electrons. The Morgan fingerprint density at radius 1 is 0.306 bits per heavy atom. The van der Waals surface area contributed by atoms with Gasteiger partial charge >= 0.3 is 11.9 Å². The third-order valence-electron chi connectivity index (χ3n) is 11.1. The molecule has 0 aromatic heterocycles. The number of hydrogen-bond acceptors (Lipinski definition) is 6. The van der Waals surface area contributed by atoms with Crippen molar-refractivity contribution in [1.82, 2.24) is 0 Å². The van der Waals surface area contributed by atoms with Gasteiger partial charge in [0.05, 0.1) is 27.5 Å². The van der Waals surface area contributed by atoms with E-state index in [-0.39, 0.29) is 25.2 Å². The second-order valence-electron chi connectivity index (χ2n) is 16.6. The van der Waals surface area contributed by atoms with Crippen LogP contribution in [0.1, 0.15) is 205 Å². The van der Waals surface area contributed by atoms with E-state index in [0.717, 1.165) is 63.2 Å². The van der Waals surface area contributed by atoms with E-state index in [4.69, 9.17) is 18.9 Å². The molecule has 0 saturated carbocycles. The highest BCUT2D eigenvalue weighted by Crippen LogP contribution is 2.31. The summed E-state index contributed by atoms with van der Waals surface area (Å²) < 4.78 is 30.0. The summed E-state index contributed by atoms with van der Waals surface area (Å²) in [6.07, 6.45) is 38.7. The number of esters is 2.